The quantitative estimate of drug-likeness (QED) is 0.446. The predicted molar refractivity (Wildman–Crippen MR) is 79.1 cm³/mol. The Morgan fingerprint density at radius 2 is 1.48 bits per heavy atom. The number of hydrogen-bond acceptors (Lipinski definition) is 1. The van der Waals surface area contributed by atoms with Gasteiger partial charge in [0.05, 0.1) is 0 Å². The molecular weight excluding hydrogens is 270 g/mol. The summed E-state index contributed by atoms with van der Waals surface area (Å²) < 4.78 is 32.6. The molecule has 0 fully saturated rings. The van der Waals surface area contributed by atoms with Gasteiger partial charge < -0.3 is 4.42 Å². The van der Waals surface area contributed by atoms with Crippen LogP contribution in [-0.4, -0.2) is 0 Å². The summed E-state index contributed by atoms with van der Waals surface area (Å²) in [5, 5.41) is 1.37. The minimum absolute atomic E-state index is 0.354. The van der Waals surface area contributed by atoms with Crippen LogP contribution in [0, 0.1) is 11.6 Å². The van der Waals surface area contributed by atoms with Gasteiger partial charge in [0.2, 0.25) is 0 Å². The standard InChI is InChI=1S/C18H10F2O/c19-15-9-14-13-8-4-7-12(11-5-2-1-3-6-11)18(13)21-17(14)10-16(15)20/h1-10H. The largest absolute Gasteiger partial charge is 0.455 e. The molecule has 0 saturated heterocycles. The molecule has 4 aromatic rings. The predicted octanol–water partition coefficient (Wildman–Crippen LogP) is 5.53. The maximum absolute atomic E-state index is 13.5. The zero-order valence-electron chi connectivity index (χ0n) is 10.9. The van der Waals surface area contributed by atoms with E-state index in [1.807, 2.05) is 48.5 Å². The van der Waals surface area contributed by atoms with E-state index in [0.29, 0.717) is 16.6 Å². The van der Waals surface area contributed by atoms with E-state index in [1.165, 1.54) is 6.07 Å². The van der Waals surface area contributed by atoms with Crippen molar-refractivity contribution in [1.82, 2.24) is 0 Å². The summed E-state index contributed by atoms with van der Waals surface area (Å²) in [6, 6.07) is 17.7. The minimum Gasteiger partial charge on any atom is -0.455 e. The fourth-order valence-electron chi connectivity index (χ4n) is 2.64. The van der Waals surface area contributed by atoms with Crippen molar-refractivity contribution >= 4 is 21.9 Å². The first kappa shape index (κ1) is 12.1. The molecule has 0 amide bonds. The van der Waals surface area contributed by atoms with E-state index in [4.69, 9.17) is 4.42 Å². The smallest absolute Gasteiger partial charge is 0.162 e. The molecule has 0 aliphatic rings. The SMILES string of the molecule is Fc1cc2oc3c(-c4ccccc4)cccc3c2cc1F. The summed E-state index contributed by atoms with van der Waals surface area (Å²) in [6.07, 6.45) is 0. The maximum Gasteiger partial charge on any atom is 0.162 e. The lowest BCUT2D eigenvalue weighted by Gasteiger charge is -2.01. The Morgan fingerprint density at radius 3 is 2.29 bits per heavy atom. The Labute approximate surface area is 119 Å². The summed E-state index contributed by atoms with van der Waals surface area (Å²) >= 11 is 0. The van der Waals surface area contributed by atoms with Crippen LogP contribution in [0.5, 0.6) is 0 Å². The van der Waals surface area contributed by atoms with Gasteiger partial charge in [0.15, 0.2) is 11.6 Å². The molecule has 1 nitrogen and oxygen atoms in total. The Hall–Kier alpha value is -2.68. The molecule has 0 aliphatic carbocycles. The molecule has 21 heavy (non-hydrogen) atoms. The highest BCUT2D eigenvalue weighted by Crippen LogP contribution is 2.36. The van der Waals surface area contributed by atoms with Gasteiger partial charge in [0, 0.05) is 22.4 Å². The monoisotopic (exact) mass is 280 g/mol. The zero-order chi connectivity index (χ0) is 14.4. The van der Waals surface area contributed by atoms with Gasteiger partial charge in [-0.3, -0.25) is 0 Å². The molecule has 0 aliphatic heterocycles. The lowest BCUT2D eigenvalue weighted by Crippen LogP contribution is -1.81. The Morgan fingerprint density at radius 1 is 0.714 bits per heavy atom. The van der Waals surface area contributed by atoms with Crippen molar-refractivity contribution in [3.8, 4) is 11.1 Å². The first-order valence-electron chi connectivity index (χ1n) is 6.60. The second kappa shape index (κ2) is 4.42. The average Bonchev–Trinajstić information content (AvgIpc) is 2.86. The van der Waals surface area contributed by atoms with Crippen LogP contribution in [0.15, 0.2) is 65.1 Å². The molecule has 102 valence electrons. The van der Waals surface area contributed by atoms with Crippen molar-refractivity contribution in [3.63, 3.8) is 0 Å². The van der Waals surface area contributed by atoms with Gasteiger partial charge in [-0.05, 0) is 11.6 Å². The average molecular weight is 280 g/mol. The van der Waals surface area contributed by atoms with Crippen molar-refractivity contribution < 1.29 is 13.2 Å². The van der Waals surface area contributed by atoms with Crippen LogP contribution in [0.25, 0.3) is 33.1 Å². The summed E-state index contributed by atoms with van der Waals surface area (Å²) in [5.74, 6) is -1.77. The first-order chi connectivity index (χ1) is 10.2. The summed E-state index contributed by atoms with van der Waals surface area (Å²) in [5.41, 5.74) is 2.91. The van der Waals surface area contributed by atoms with Crippen molar-refractivity contribution in [3.05, 3.63) is 72.3 Å². The van der Waals surface area contributed by atoms with Crippen LogP contribution in [0.4, 0.5) is 8.78 Å². The van der Waals surface area contributed by atoms with Gasteiger partial charge in [0.25, 0.3) is 0 Å². The second-order valence-electron chi connectivity index (χ2n) is 4.91. The molecule has 0 saturated carbocycles. The summed E-state index contributed by atoms with van der Waals surface area (Å²) in [4.78, 5) is 0. The van der Waals surface area contributed by atoms with E-state index in [1.54, 1.807) is 0 Å². The van der Waals surface area contributed by atoms with Crippen LogP contribution in [0.1, 0.15) is 0 Å². The van der Waals surface area contributed by atoms with Crippen LogP contribution >= 0.6 is 0 Å². The number of rotatable bonds is 1. The third-order valence-corrected chi connectivity index (χ3v) is 3.62. The fraction of sp³-hybridized carbons (Fsp3) is 0. The Bertz CT molecular complexity index is 955. The highest BCUT2D eigenvalue weighted by molar-refractivity contribution is 6.09. The Kier molecular flexibility index (Phi) is 2.54. The van der Waals surface area contributed by atoms with Crippen molar-refractivity contribution in [1.29, 1.82) is 0 Å². The number of para-hydroxylation sites is 1. The van der Waals surface area contributed by atoms with Crippen LogP contribution in [0.2, 0.25) is 0 Å². The lowest BCUT2D eigenvalue weighted by molar-refractivity contribution is 0.508. The molecular formula is C18H10F2O. The topological polar surface area (TPSA) is 13.1 Å². The first-order valence-corrected chi connectivity index (χ1v) is 6.60. The van der Waals surface area contributed by atoms with E-state index in [2.05, 4.69) is 0 Å². The molecule has 0 atom stereocenters. The summed E-state index contributed by atoms with van der Waals surface area (Å²) in [7, 11) is 0. The van der Waals surface area contributed by atoms with E-state index in [-0.39, 0.29) is 0 Å². The van der Waals surface area contributed by atoms with Gasteiger partial charge in [0.1, 0.15) is 11.2 Å². The fourth-order valence-corrected chi connectivity index (χ4v) is 2.64. The molecule has 0 radical (unpaired) electrons. The van der Waals surface area contributed by atoms with E-state index in [9.17, 15) is 8.78 Å². The molecule has 1 aromatic heterocycles. The molecule has 0 spiro atoms. The van der Waals surface area contributed by atoms with Gasteiger partial charge >= 0.3 is 0 Å². The van der Waals surface area contributed by atoms with E-state index >= 15 is 0 Å². The van der Waals surface area contributed by atoms with Crippen LogP contribution < -0.4 is 0 Å². The van der Waals surface area contributed by atoms with Crippen molar-refractivity contribution in [2.24, 2.45) is 0 Å². The number of halogens is 2. The molecule has 0 bridgehead atoms. The van der Waals surface area contributed by atoms with Gasteiger partial charge in [-0.15, -0.1) is 0 Å². The van der Waals surface area contributed by atoms with Crippen LogP contribution in [-0.2, 0) is 0 Å². The minimum atomic E-state index is -0.900. The van der Waals surface area contributed by atoms with Crippen molar-refractivity contribution in [2.75, 3.05) is 0 Å². The number of hydrogen-bond donors (Lipinski definition) is 0. The van der Waals surface area contributed by atoms with Gasteiger partial charge in [-0.25, -0.2) is 8.78 Å². The molecule has 3 aromatic carbocycles. The third-order valence-electron chi connectivity index (χ3n) is 3.62. The normalized spacial score (nSPS) is 11.3. The second-order valence-corrected chi connectivity index (χ2v) is 4.91. The highest BCUT2D eigenvalue weighted by Gasteiger charge is 2.14. The zero-order valence-corrected chi connectivity index (χ0v) is 10.9. The molecule has 3 heteroatoms. The molecule has 4 rings (SSSR count). The lowest BCUT2D eigenvalue weighted by atomic mass is 10.0. The number of fused-ring (bicyclic) bond motifs is 3. The molecule has 0 unspecified atom stereocenters. The van der Waals surface area contributed by atoms with Gasteiger partial charge in [-0.2, -0.15) is 0 Å². The van der Waals surface area contributed by atoms with E-state index < -0.39 is 11.6 Å². The van der Waals surface area contributed by atoms with Crippen molar-refractivity contribution in [2.45, 2.75) is 0 Å². The number of benzene rings is 3. The Balaban J connectivity index is 2.11. The van der Waals surface area contributed by atoms with E-state index in [0.717, 1.165) is 22.6 Å². The summed E-state index contributed by atoms with van der Waals surface area (Å²) in [6.45, 7) is 0. The number of furan rings is 1. The van der Waals surface area contributed by atoms with Crippen LogP contribution in [0.3, 0.4) is 0 Å². The molecule has 1 heterocycles. The highest BCUT2D eigenvalue weighted by atomic mass is 19.2. The van der Waals surface area contributed by atoms with Gasteiger partial charge in [-0.1, -0.05) is 48.5 Å². The third kappa shape index (κ3) is 1.82. The maximum atomic E-state index is 13.5. The molecule has 0 N–H and O–H groups in total.